The number of nitrogens with zero attached hydrogens (tertiary/aromatic N) is 1. The second-order valence-electron chi connectivity index (χ2n) is 4.32. The van der Waals surface area contributed by atoms with E-state index >= 15 is 0 Å². The molecular formula is C13H17ClFNO3. The summed E-state index contributed by atoms with van der Waals surface area (Å²) in [6, 6.07) is 3.71. The van der Waals surface area contributed by atoms with Crippen LogP contribution in [-0.2, 0) is 4.79 Å². The summed E-state index contributed by atoms with van der Waals surface area (Å²) in [7, 11) is 1.63. The maximum atomic E-state index is 12.8. The fraction of sp³-hybridized carbons (Fsp3) is 0.462. The molecule has 1 unspecified atom stereocenters. The fourth-order valence-electron chi connectivity index (χ4n) is 1.35. The molecule has 0 saturated carbocycles. The Hall–Kier alpha value is -1.33. The predicted octanol–water partition coefficient (Wildman–Crippen LogP) is 2.09. The molecule has 0 fully saturated rings. The minimum atomic E-state index is -0.460. The Bertz CT molecular complexity index is 440. The van der Waals surface area contributed by atoms with Crippen molar-refractivity contribution in [1.29, 1.82) is 0 Å². The SMILES string of the molecule is CC(O)CCN(C)C(=O)COc1ccc(F)cc1Cl. The molecule has 0 bridgehead atoms. The zero-order valence-corrected chi connectivity index (χ0v) is 11.7. The summed E-state index contributed by atoms with van der Waals surface area (Å²) in [5, 5.41) is 9.26. The lowest BCUT2D eigenvalue weighted by Gasteiger charge is -2.18. The molecule has 0 aromatic heterocycles. The lowest BCUT2D eigenvalue weighted by atomic mass is 10.3. The van der Waals surface area contributed by atoms with Gasteiger partial charge in [-0.2, -0.15) is 0 Å². The Labute approximate surface area is 116 Å². The molecule has 0 aliphatic heterocycles. The summed E-state index contributed by atoms with van der Waals surface area (Å²) in [6.07, 6.45) is 0.0437. The molecule has 1 aromatic rings. The molecule has 0 aliphatic rings. The lowest BCUT2D eigenvalue weighted by molar-refractivity contribution is -0.132. The van der Waals surface area contributed by atoms with Gasteiger partial charge in [-0.3, -0.25) is 4.79 Å². The van der Waals surface area contributed by atoms with E-state index in [1.807, 2.05) is 0 Å². The first-order valence-corrected chi connectivity index (χ1v) is 6.28. The highest BCUT2D eigenvalue weighted by molar-refractivity contribution is 6.32. The number of rotatable bonds is 6. The maximum absolute atomic E-state index is 12.8. The van der Waals surface area contributed by atoms with Crippen molar-refractivity contribution < 1.29 is 19.0 Å². The van der Waals surface area contributed by atoms with Gasteiger partial charge < -0.3 is 14.7 Å². The number of aliphatic hydroxyl groups excluding tert-OH is 1. The van der Waals surface area contributed by atoms with Gasteiger partial charge in [-0.25, -0.2) is 4.39 Å². The quantitative estimate of drug-likeness (QED) is 0.872. The van der Waals surface area contributed by atoms with Crippen molar-refractivity contribution in [3.63, 3.8) is 0 Å². The van der Waals surface area contributed by atoms with Crippen molar-refractivity contribution in [3.8, 4) is 5.75 Å². The summed E-state index contributed by atoms with van der Waals surface area (Å²) in [5.74, 6) is -0.431. The van der Waals surface area contributed by atoms with Crippen LogP contribution in [0.5, 0.6) is 5.75 Å². The van der Waals surface area contributed by atoms with Crippen LogP contribution in [0.3, 0.4) is 0 Å². The van der Waals surface area contributed by atoms with Crippen molar-refractivity contribution in [2.24, 2.45) is 0 Å². The Morgan fingerprint density at radius 2 is 2.26 bits per heavy atom. The summed E-state index contributed by atoms with van der Waals surface area (Å²) >= 11 is 5.77. The van der Waals surface area contributed by atoms with Crippen molar-refractivity contribution in [2.75, 3.05) is 20.2 Å². The highest BCUT2D eigenvalue weighted by Crippen LogP contribution is 2.24. The standard InChI is InChI=1S/C13H17ClFNO3/c1-9(17)5-6-16(2)13(18)8-19-12-4-3-10(15)7-11(12)14/h3-4,7,9,17H,5-6,8H2,1-2H3. The van der Waals surface area contributed by atoms with Gasteiger partial charge in [0.2, 0.25) is 0 Å². The van der Waals surface area contributed by atoms with Crippen molar-refractivity contribution >= 4 is 17.5 Å². The third-order valence-electron chi connectivity index (χ3n) is 2.55. The topological polar surface area (TPSA) is 49.8 Å². The molecule has 0 saturated heterocycles. The first-order valence-electron chi connectivity index (χ1n) is 5.90. The van der Waals surface area contributed by atoms with Gasteiger partial charge in [0.15, 0.2) is 6.61 Å². The minimum absolute atomic E-state index is 0.124. The highest BCUT2D eigenvalue weighted by Gasteiger charge is 2.11. The van der Waals surface area contributed by atoms with Gasteiger partial charge in [-0.1, -0.05) is 11.6 Å². The third kappa shape index (κ3) is 5.44. The van der Waals surface area contributed by atoms with Gasteiger partial charge in [-0.15, -0.1) is 0 Å². The number of halogens is 2. The Morgan fingerprint density at radius 1 is 1.58 bits per heavy atom. The summed E-state index contributed by atoms with van der Waals surface area (Å²) in [5.41, 5.74) is 0. The molecule has 19 heavy (non-hydrogen) atoms. The van der Waals surface area contributed by atoms with Crippen molar-refractivity contribution in [3.05, 3.63) is 29.0 Å². The molecule has 4 nitrogen and oxygen atoms in total. The average molecular weight is 290 g/mol. The molecule has 6 heteroatoms. The molecule has 1 rings (SSSR count). The maximum Gasteiger partial charge on any atom is 0.260 e. The smallest absolute Gasteiger partial charge is 0.260 e. The van der Waals surface area contributed by atoms with Crippen LogP contribution in [0.15, 0.2) is 18.2 Å². The number of ether oxygens (including phenoxy) is 1. The molecule has 1 aromatic carbocycles. The van der Waals surface area contributed by atoms with E-state index in [4.69, 9.17) is 21.4 Å². The van der Waals surface area contributed by atoms with Gasteiger partial charge in [0.25, 0.3) is 5.91 Å². The molecule has 1 atom stereocenters. The molecule has 0 radical (unpaired) electrons. The lowest BCUT2D eigenvalue weighted by Crippen LogP contribution is -2.33. The van der Waals surface area contributed by atoms with Crippen LogP contribution in [0.4, 0.5) is 4.39 Å². The number of benzene rings is 1. The van der Waals surface area contributed by atoms with E-state index in [1.165, 1.54) is 17.0 Å². The van der Waals surface area contributed by atoms with Crippen LogP contribution < -0.4 is 4.74 Å². The van der Waals surface area contributed by atoms with Crippen molar-refractivity contribution in [1.82, 2.24) is 4.90 Å². The molecular weight excluding hydrogens is 273 g/mol. The monoisotopic (exact) mass is 289 g/mol. The van der Waals surface area contributed by atoms with Gasteiger partial charge in [-0.05, 0) is 31.5 Å². The second kappa shape index (κ2) is 7.31. The Morgan fingerprint density at radius 3 is 2.84 bits per heavy atom. The Balaban J connectivity index is 2.45. The predicted molar refractivity (Wildman–Crippen MR) is 70.8 cm³/mol. The van der Waals surface area contributed by atoms with E-state index < -0.39 is 11.9 Å². The minimum Gasteiger partial charge on any atom is -0.482 e. The van der Waals surface area contributed by atoms with E-state index in [-0.39, 0.29) is 23.3 Å². The fourth-order valence-corrected chi connectivity index (χ4v) is 1.57. The first-order chi connectivity index (χ1) is 8.90. The number of amides is 1. The molecule has 106 valence electrons. The van der Waals surface area contributed by atoms with E-state index in [0.717, 1.165) is 6.07 Å². The Kier molecular flexibility index (Phi) is 6.05. The molecule has 0 spiro atoms. The summed E-state index contributed by atoms with van der Waals surface area (Å²) < 4.78 is 18.0. The van der Waals surface area contributed by atoms with E-state index in [2.05, 4.69) is 0 Å². The normalized spacial score (nSPS) is 12.1. The molecule has 1 N–H and O–H groups in total. The van der Waals surface area contributed by atoms with Crippen LogP contribution in [-0.4, -0.2) is 42.2 Å². The number of likely N-dealkylation sites (N-methyl/N-ethyl adjacent to an activating group) is 1. The van der Waals surface area contributed by atoms with Crippen LogP contribution in [0.25, 0.3) is 0 Å². The van der Waals surface area contributed by atoms with Crippen molar-refractivity contribution in [2.45, 2.75) is 19.4 Å². The number of aliphatic hydroxyl groups is 1. The molecule has 1 amide bonds. The number of hydrogen-bond donors (Lipinski definition) is 1. The number of hydrogen-bond acceptors (Lipinski definition) is 3. The van der Waals surface area contributed by atoms with Crippen LogP contribution in [0.2, 0.25) is 5.02 Å². The van der Waals surface area contributed by atoms with Gasteiger partial charge >= 0.3 is 0 Å². The third-order valence-corrected chi connectivity index (χ3v) is 2.85. The van der Waals surface area contributed by atoms with Gasteiger partial charge in [0, 0.05) is 13.6 Å². The zero-order valence-electron chi connectivity index (χ0n) is 10.9. The van der Waals surface area contributed by atoms with Crippen LogP contribution in [0.1, 0.15) is 13.3 Å². The molecule has 0 heterocycles. The second-order valence-corrected chi connectivity index (χ2v) is 4.72. The van der Waals surface area contributed by atoms with E-state index in [0.29, 0.717) is 13.0 Å². The van der Waals surface area contributed by atoms with Gasteiger partial charge in [0.05, 0.1) is 11.1 Å². The van der Waals surface area contributed by atoms with Crippen LogP contribution in [0, 0.1) is 5.82 Å². The van der Waals surface area contributed by atoms with Gasteiger partial charge in [0.1, 0.15) is 11.6 Å². The average Bonchev–Trinajstić information content (AvgIpc) is 2.34. The van der Waals surface area contributed by atoms with Crippen LogP contribution >= 0.6 is 11.6 Å². The number of carbonyl (C=O) groups is 1. The molecule has 0 aliphatic carbocycles. The zero-order chi connectivity index (χ0) is 14.4. The van der Waals surface area contributed by atoms with E-state index in [1.54, 1.807) is 14.0 Å². The summed E-state index contributed by atoms with van der Waals surface area (Å²) in [4.78, 5) is 13.2. The van der Waals surface area contributed by atoms with E-state index in [9.17, 15) is 9.18 Å². The largest absolute Gasteiger partial charge is 0.482 e. The summed E-state index contributed by atoms with van der Waals surface area (Å²) in [6.45, 7) is 1.92. The first kappa shape index (κ1) is 15.7. The highest BCUT2D eigenvalue weighted by atomic mass is 35.5. The number of carbonyl (C=O) groups excluding carboxylic acids is 1.